The van der Waals surface area contributed by atoms with Crippen LogP contribution in [0.4, 0.5) is 0 Å². The van der Waals surface area contributed by atoms with Crippen molar-refractivity contribution in [3.8, 4) is 0 Å². The van der Waals surface area contributed by atoms with Crippen LogP contribution in [0.3, 0.4) is 0 Å². The average Bonchev–Trinajstić information content (AvgIpc) is 1.85. The average molecular weight is 142 g/mol. The van der Waals surface area contributed by atoms with Crippen LogP contribution in [0.2, 0.25) is 0 Å². The highest BCUT2D eigenvalue weighted by atomic mass is 32.1. The molecule has 1 heteroatoms. The summed E-state index contributed by atoms with van der Waals surface area (Å²) in [6, 6.07) is 0. The van der Waals surface area contributed by atoms with Crippen molar-refractivity contribution >= 4 is 12.6 Å². The van der Waals surface area contributed by atoms with Crippen molar-refractivity contribution in [2.75, 3.05) is 5.75 Å². The van der Waals surface area contributed by atoms with Gasteiger partial charge in [-0.05, 0) is 13.3 Å². The fraction of sp³-hybridized carbons (Fsp3) is 0.500. The Hall–Kier alpha value is -0.170. The predicted molar refractivity (Wildman–Crippen MR) is 47.0 cm³/mol. The van der Waals surface area contributed by atoms with E-state index in [0.717, 1.165) is 12.2 Å². The molecule has 0 unspecified atom stereocenters. The molecule has 0 aromatic rings. The molecular formula is C8H14S. The van der Waals surface area contributed by atoms with Gasteiger partial charge in [0.15, 0.2) is 0 Å². The van der Waals surface area contributed by atoms with Gasteiger partial charge in [-0.1, -0.05) is 30.7 Å². The molecule has 0 spiro atoms. The predicted octanol–water partition coefficient (Wildman–Crippen LogP) is 2.83. The zero-order valence-corrected chi connectivity index (χ0v) is 6.99. The van der Waals surface area contributed by atoms with Crippen molar-refractivity contribution in [2.45, 2.75) is 20.3 Å². The van der Waals surface area contributed by atoms with Crippen LogP contribution in [0.5, 0.6) is 0 Å². The number of hydrogen-bond donors (Lipinski definition) is 1. The van der Waals surface area contributed by atoms with E-state index in [1.54, 1.807) is 0 Å². The molecular weight excluding hydrogens is 128 g/mol. The maximum Gasteiger partial charge on any atom is 0.00857 e. The molecule has 0 aliphatic carbocycles. The van der Waals surface area contributed by atoms with Gasteiger partial charge in [-0.2, -0.15) is 12.6 Å². The molecule has 0 saturated heterocycles. The molecule has 0 aliphatic heterocycles. The molecule has 0 aromatic carbocycles. The molecule has 0 fully saturated rings. The molecule has 0 heterocycles. The van der Waals surface area contributed by atoms with Crippen molar-refractivity contribution in [3.05, 3.63) is 23.8 Å². The molecule has 0 nitrogen and oxygen atoms in total. The third kappa shape index (κ3) is 5.71. The van der Waals surface area contributed by atoms with E-state index >= 15 is 0 Å². The highest BCUT2D eigenvalue weighted by Crippen LogP contribution is 1.96. The van der Waals surface area contributed by atoms with Crippen molar-refractivity contribution in [1.82, 2.24) is 0 Å². The van der Waals surface area contributed by atoms with Crippen LogP contribution in [0.25, 0.3) is 0 Å². The lowest BCUT2D eigenvalue weighted by atomic mass is 10.2. The third-order valence-corrected chi connectivity index (χ3v) is 1.22. The summed E-state index contributed by atoms with van der Waals surface area (Å²) in [6.07, 6.45) is 7.45. The Morgan fingerprint density at radius 2 is 2.22 bits per heavy atom. The second-order valence-electron chi connectivity index (χ2n) is 1.94. The van der Waals surface area contributed by atoms with Crippen molar-refractivity contribution in [1.29, 1.82) is 0 Å². The van der Waals surface area contributed by atoms with Crippen LogP contribution in [-0.4, -0.2) is 5.75 Å². The van der Waals surface area contributed by atoms with Gasteiger partial charge in [-0.3, -0.25) is 0 Å². The highest BCUT2D eigenvalue weighted by Gasteiger charge is 1.76. The van der Waals surface area contributed by atoms with Gasteiger partial charge < -0.3 is 0 Å². The Kier molecular flexibility index (Phi) is 5.85. The topological polar surface area (TPSA) is 0 Å². The fourth-order valence-electron chi connectivity index (χ4n) is 0.629. The summed E-state index contributed by atoms with van der Waals surface area (Å²) in [7, 11) is 0. The van der Waals surface area contributed by atoms with Crippen LogP contribution in [0, 0.1) is 0 Å². The Balaban J connectivity index is 3.60. The lowest BCUT2D eigenvalue weighted by Gasteiger charge is -1.87. The number of hydrogen-bond acceptors (Lipinski definition) is 1. The van der Waals surface area contributed by atoms with E-state index in [1.165, 1.54) is 5.57 Å². The van der Waals surface area contributed by atoms with Crippen LogP contribution in [0.1, 0.15) is 20.3 Å². The largest absolute Gasteiger partial charge is 0.175 e. The van der Waals surface area contributed by atoms with Crippen LogP contribution in [-0.2, 0) is 0 Å². The first kappa shape index (κ1) is 8.83. The van der Waals surface area contributed by atoms with Crippen LogP contribution < -0.4 is 0 Å². The van der Waals surface area contributed by atoms with Gasteiger partial charge in [0.25, 0.3) is 0 Å². The molecule has 0 aromatic heterocycles. The SMILES string of the molecule is CC/C=C(C)\C=C/CS. The summed E-state index contributed by atoms with van der Waals surface area (Å²) >= 11 is 4.05. The molecule has 0 rings (SSSR count). The van der Waals surface area contributed by atoms with Gasteiger partial charge in [0.2, 0.25) is 0 Å². The van der Waals surface area contributed by atoms with Crippen molar-refractivity contribution in [2.24, 2.45) is 0 Å². The fourth-order valence-corrected chi connectivity index (χ4v) is 0.734. The lowest BCUT2D eigenvalue weighted by Crippen LogP contribution is -1.67. The molecule has 0 amide bonds. The van der Waals surface area contributed by atoms with Crippen molar-refractivity contribution < 1.29 is 0 Å². The highest BCUT2D eigenvalue weighted by molar-refractivity contribution is 7.80. The number of allylic oxidation sites excluding steroid dienone is 3. The Labute approximate surface area is 63.1 Å². The molecule has 0 aliphatic rings. The smallest absolute Gasteiger partial charge is 0.00857 e. The quantitative estimate of drug-likeness (QED) is 0.454. The van der Waals surface area contributed by atoms with E-state index in [9.17, 15) is 0 Å². The molecule has 9 heavy (non-hydrogen) atoms. The summed E-state index contributed by atoms with van der Waals surface area (Å²) in [5.74, 6) is 0.828. The third-order valence-electron chi connectivity index (χ3n) is 1.01. The van der Waals surface area contributed by atoms with E-state index < -0.39 is 0 Å². The van der Waals surface area contributed by atoms with E-state index in [2.05, 4.69) is 38.6 Å². The first-order valence-corrected chi connectivity index (χ1v) is 3.88. The van der Waals surface area contributed by atoms with Gasteiger partial charge in [0, 0.05) is 5.75 Å². The summed E-state index contributed by atoms with van der Waals surface area (Å²) in [5.41, 5.74) is 1.33. The minimum atomic E-state index is 0.828. The second-order valence-corrected chi connectivity index (χ2v) is 2.31. The monoisotopic (exact) mass is 142 g/mol. The van der Waals surface area contributed by atoms with E-state index in [1.807, 2.05) is 6.08 Å². The molecule has 0 saturated carbocycles. The zero-order valence-electron chi connectivity index (χ0n) is 6.09. The Morgan fingerprint density at radius 1 is 1.56 bits per heavy atom. The standard InChI is InChI=1S/C8H14S/c1-3-5-8(2)6-4-7-9/h4-6,9H,3,7H2,1-2H3/b6-4-,8-5-. The minimum Gasteiger partial charge on any atom is -0.175 e. The van der Waals surface area contributed by atoms with Gasteiger partial charge in [0.05, 0.1) is 0 Å². The summed E-state index contributed by atoms with van der Waals surface area (Å²) in [6.45, 7) is 4.24. The van der Waals surface area contributed by atoms with Gasteiger partial charge >= 0.3 is 0 Å². The molecule has 0 N–H and O–H groups in total. The van der Waals surface area contributed by atoms with Gasteiger partial charge in [0.1, 0.15) is 0 Å². The van der Waals surface area contributed by atoms with E-state index in [-0.39, 0.29) is 0 Å². The molecule has 0 radical (unpaired) electrons. The normalized spacial score (nSPS) is 13.0. The zero-order chi connectivity index (χ0) is 7.11. The first-order chi connectivity index (χ1) is 4.31. The Bertz CT molecular complexity index is 112. The molecule has 52 valence electrons. The minimum absolute atomic E-state index is 0.828. The Morgan fingerprint density at radius 3 is 2.67 bits per heavy atom. The van der Waals surface area contributed by atoms with Gasteiger partial charge in [-0.25, -0.2) is 0 Å². The van der Waals surface area contributed by atoms with Crippen molar-refractivity contribution in [3.63, 3.8) is 0 Å². The molecule has 0 atom stereocenters. The summed E-state index contributed by atoms with van der Waals surface area (Å²) in [4.78, 5) is 0. The summed E-state index contributed by atoms with van der Waals surface area (Å²) < 4.78 is 0. The number of thiol groups is 1. The van der Waals surface area contributed by atoms with Crippen LogP contribution in [0.15, 0.2) is 23.8 Å². The number of rotatable bonds is 3. The molecule has 0 bridgehead atoms. The van der Waals surface area contributed by atoms with Gasteiger partial charge in [-0.15, -0.1) is 0 Å². The van der Waals surface area contributed by atoms with Crippen LogP contribution >= 0.6 is 12.6 Å². The first-order valence-electron chi connectivity index (χ1n) is 3.25. The summed E-state index contributed by atoms with van der Waals surface area (Å²) in [5, 5.41) is 0. The second kappa shape index (κ2) is 5.96. The maximum atomic E-state index is 4.05. The lowest BCUT2D eigenvalue weighted by molar-refractivity contribution is 1.20. The maximum absolute atomic E-state index is 4.05. The van der Waals surface area contributed by atoms with E-state index in [0.29, 0.717) is 0 Å². The van der Waals surface area contributed by atoms with E-state index in [4.69, 9.17) is 0 Å².